The van der Waals surface area contributed by atoms with E-state index in [1.165, 1.54) is 30.3 Å². The van der Waals surface area contributed by atoms with Gasteiger partial charge in [0.15, 0.2) is 0 Å². The van der Waals surface area contributed by atoms with Crippen LogP contribution in [0.3, 0.4) is 0 Å². The summed E-state index contributed by atoms with van der Waals surface area (Å²) in [5, 5.41) is 13.7. The van der Waals surface area contributed by atoms with Gasteiger partial charge in [-0.2, -0.15) is 15.0 Å². The highest BCUT2D eigenvalue weighted by Crippen LogP contribution is 2.34. The Balaban J connectivity index is 2.12. The van der Waals surface area contributed by atoms with Crippen LogP contribution >= 0.6 is 11.6 Å². The number of aryl methyl sites for hydroxylation is 1. The molecule has 0 saturated carbocycles. The van der Waals surface area contributed by atoms with Crippen LogP contribution in [0.4, 0.5) is 4.39 Å². The molecule has 6 nitrogen and oxygen atoms in total. The largest absolute Gasteiger partial charge is 0.349 e. The van der Waals surface area contributed by atoms with Gasteiger partial charge in [0.1, 0.15) is 12.0 Å². The summed E-state index contributed by atoms with van der Waals surface area (Å²) in [4.78, 5) is 25.2. The highest BCUT2D eigenvalue weighted by molar-refractivity contribution is 6.31. The molecule has 0 aliphatic heterocycles. The molecule has 26 heavy (non-hydrogen) atoms. The Morgan fingerprint density at radius 3 is 2.54 bits per heavy atom. The molecule has 1 aromatic heterocycles. The number of nitrogens with one attached hydrogen (secondary N) is 1. The Bertz CT molecular complexity index is 1110. The Kier molecular flexibility index (Phi) is 4.69. The second-order valence-electron chi connectivity index (χ2n) is 5.62. The molecule has 0 amide bonds. The minimum Gasteiger partial charge on any atom is -0.271 e. The van der Waals surface area contributed by atoms with E-state index >= 15 is 0 Å². The zero-order valence-corrected chi connectivity index (χ0v) is 14.3. The number of benzene rings is 2. The number of aromatic nitrogens is 3. The summed E-state index contributed by atoms with van der Waals surface area (Å²) in [5.41, 5.74) is 0.868. The van der Waals surface area contributed by atoms with E-state index in [0.717, 1.165) is 10.9 Å². The van der Waals surface area contributed by atoms with E-state index in [4.69, 9.17) is 11.6 Å². The van der Waals surface area contributed by atoms with E-state index in [1.807, 2.05) is 0 Å². The van der Waals surface area contributed by atoms with Gasteiger partial charge in [0.25, 0.3) is 5.56 Å². The summed E-state index contributed by atoms with van der Waals surface area (Å²) in [5.74, 6) is -1.09. The van der Waals surface area contributed by atoms with Crippen molar-refractivity contribution in [3.8, 4) is 11.8 Å². The van der Waals surface area contributed by atoms with Gasteiger partial charge in [-0.25, -0.2) is 9.18 Å². The van der Waals surface area contributed by atoms with Gasteiger partial charge in [0.05, 0.1) is 17.7 Å². The first-order chi connectivity index (χ1) is 12.4. The number of nitriles is 1. The molecule has 8 heteroatoms. The standard InChI is InChI=1S/C18H12ClFN4O2/c1-10-6-13(24-18(26)23-16(25)9-22-24)7-15(19)17(10)14(8-21)11-2-4-12(20)5-3-11/h2-7,9,14H,1H3,(H,23,25,26). The molecule has 1 N–H and O–H groups in total. The maximum atomic E-state index is 13.1. The molecule has 0 aliphatic rings. The smallest absolute Gasteiger partial charge is 0.271 e. The van der Waals surface area contributed by atoms with E-state index in [2.05, 4.69) is 16.2 Å². The quantitative estimate of drug-likeness (QED) is 0.767. The second-order valence-corrected chi connectivity index (χ2v) is 6.03. The number of H-pyrrole nitrogens is 1. The fourth-order valence-electron chi connectivity index (χ4n) is 2.72. The van der Waals surface area contributed by atoms with Crippen molar-refractivity contribution in [1.82, 2.24) is 14.8 Å². The van der Waals surface area contributed by atoms with Gasteiger partial charge in [-0.3, -0.25) is 9.78 Å². The molecule has 0 bridgehead atoms. The normalized spacial score (nSPS) is 11.8. The Morgan fingerprint density at radius 1 is 1.27 bits per heavy atom. The minimum atomic E-state index is -0.698. The molecule has 1 unspecified atom stereocenters. The van der Waals surface area contributed by atoms with Gasteiger partial charge in [-0.05, 0) is 47.9 Å². The van der Waals surface area contributed by atoms with Crippen molar-refractivity contribution >= 4 is 11.6 Å². The fourth-order valence-corrected chi connectivity index (χ4v) is 3.09. The molecule has 1 atom stereocenters. The van der Waals surface area contributed by atoms with Crippen molar-refractivity contribution in [2.45, 2.75) is 12.8 Å². The first-order valence-corrected chi connectivity index (χ1v) is 7.92. The molecule has 0 radical (unpaired) electrons. The van der Waals surface area contributed by atoms with Crippen LogP contribution in [-0.4, -0.2) is 14.8 Å². The highest BCUT2D eigenvalue weighted by Gasteiger charge is 2.20. The summed E-state index contributed by atoms with van der Waals surface area (Å²) in [7, 11) is 0. The third-order valence-corrected chi connectivity index (χ3v) is 4.21. The van der Waals surface area contributed by atoms with Crippen LogP contribution in [0.15, 0.2) is 52.2 Å². The zero-order valence-electron chi connectivity index (χ0n) is 13.5. The van der Waals surface area contributed by atoms with Crippen molar-refractivity contribution in [3.63, 3.8) is 0 Å². The van der Waals surface area contributed by atoms with Crippen molar-refractivity contribution in [1.29, 1.82) is 5.26 Å². The maximum absolute atomic E-state index is 13.1. The van der Waals surface area contributed by atoms with E-state index in [-0.39, 0.29) is 5.02 Å². The highest BCUT2D eigenvalue weighted by atomic mass is 35.5. The summed E-state index contributed by atoms with van der Waals surface area (Å²) in [6.07, 6.45) is 0.981. The maximum Gasteiger partial charge on any atom is 0.349 e. The number of rotatable bonds is 3. The summed E-state index contributed by atoms with van der Waals surface area (Å²) < 4.78 is 14.2. The fraction of sp³-hybridized carbons (Fsp3) is 0.111. The molecule has 3 rings (SSSR count). The van der Waals surface area contributed by atoms with Gasteiger partial charge in [0, 0.05) is 5.02 Å². The molecule has 3 aromatic rings. The monoisotopic (exact) mass is 370 g/mol. The van der Waals surface area contributed by atoms with E-state index in [0.29, 0.717) is 22.4 Å². The molecule has 0 saturated heterocycles. The lowest BCUT2D eigenvalue weighted by atomic mass is 9.89. The number of nitrogens with zero attached hydrogens (tertiary/aromatic N) is 3. The summed E-state index contributed by atoms with van der Waals surface area (Å²) >= 11 is 6.38. The lowest BCUT2D eigenvalue weighted by Crippen LogP contribution is -2.30. The minimum absolute atomic E-state index is 0.260. The average molecular weight is 371 g/mol. The van der Waals surface area contributed by atoms with Crippen LogP contribution in [0.1, 0.15) is 22.6 Å². The van der Waals surface area contributed by atoms with Crippen LogP contribution < -0.4 is 11.2 Å². The molecule has 0 fully saturated rings. The van der Waals surface area contributed by atoms with E-state index in [1.54, 1.807) is 13.0 Å². The Hall–Kier alpha value is -3.24. The predicted octanol–water partition coefficient (Wildman–Crippen LogP) is 2.68. The van der Waals surface area contributed by atoms with Gasteiger partial charge in [-0.15, -0.1) is 0 Å². The molecule has 2 aromatic carbocycles. The number of aromatic amines is 1. The van der Waals surface area contributed by atoms with Crippen LogP contribution in [0, 0.1) is 24.1 Å². The van der Waals surface area contributed by atoms with Crippen molar-refractivity contribution < 1.29 is 4.39 Å². The lowest BCUT2D eigenvalue weighted by molar-refractivity contribution is 0.627. The van der Waals surface area contributed by atoms with Gasteiger partial charge in [-0.1, -0.05) is 23.7 Å². The lowest BCUT2D eigenvalue weighted by Gasteiger charge is -2.16. The number of halogens is 2. The van der Waals surface area contributed by atoms with Gasteiger partial charge >= 0.3 is 5.69 Å². The summed E-state index contributed by atoms with van der Waals surface area (Å²) in [6.45, 7) is 1.75. The van der Waals surface area contributed by atoms with Gasteiger partial charge in [0.2, 0.25) is 0 Å². The molecular formula is C18H12ClFN4O2. The third-order valence-electron chi connectivity index (χ3n) is 3.90. The Labute approximate surface area is 152 Å². The topological polar surface area (TPSA) is 91.5 Å². The first kappa shape index (κ1) is 17.6. The van der Waals surface area contributed by atoms with Crippen LogP contribution in [-0.2, 0) is 0 Å². The van der Waals surface area contributed by atoms with Gasteiger partial charge < -0.3 is 0 Å². The first-order valence-electron chi connectivity index (χ1n) is 7.55. The summed E-state index contributed by atoms with van der Waals surface area (Å²) in [6, 6.07) is 10.9. The molecule has 0 aliphatic carbocycles. The van der Waals surface area contributed by atoms with Crippen molar-refractivity contribution in [2.24, 2.45) is 0 Å². The predicted molar refractivity (Wildman–Crippen MR) is 94.1 cm³/mol. The number of hydrogen-bond donors (Lipinski definition) is 1. The van der Waals surface area contributed by atoms with Crippen LogP contribution in [0.2, 0.25) is 5.02 Å². The Morgan fingerprint density at radius 2 is 1.96 bits per heavy atom. The third kappa shape index (κ3) is 3.27. The van der Waals surface area contributed by atoms with E-state index in [9.17, 15) is 19.2 Å². The van der Waals surface area contributed by atoms with Crippen molar-refractivity contribution in [2.75, 3.05) is 0 Å². The molecule has 1 heterocycles. The second kappa shape index (κ2) is 6.94. The van der Waals surface area contributed by atoms with Crippen LogP contribution in [0.5, 0.6) is 0 Å². The SMILES string of the molecule is Cc1cc(-n2ncc(=O)[nH]c2=O)cc(Cl)c1C(C#N)c1ccc(F)cc1. The van der Waals surface area contributed by atoms with E-state index < -0.39 is 23.0 Å². The number of hydrogen-bond acceptors (Lipinski definition) is 4. The van der Waals surface area contributed by atoms with Crippen molar-refractivity contribution in [3.05, 3.63) is 91.0 Å². The molecule has 0 spiro atoms. The molecular weight excluding hydrogens is 359 g/mol. The zero-order chi connectivity index (χ0) is 18.8. The van der Waals surface area contributed by atoms with Crippen LogP contribution in [0.25, 0.3) is 5.69 Å². The average Bonchev–Trinajstić information content (AvgIpc) is 2.59. The molecule has 130 valence electrons.